The van der Waals surface area contributed by atoms with Gasteiger partial charge in [-0.3, -0.25) is 5.43 Å². The van der Waals surface area contributed by atoms with E-state index in [9.17, 15) is 4.39 Å². The van der Waals surface area contributed by atoms with Crippen molar-refractivity contribution in [2.24, 2.45) is 10.8 Å². The Balaban J connectivity index is 2.92. The first kappa shape index (κ1) is 12.4. The van der Waals surface area contributed by atoms with Gasteiger partial charge in [-0.25, -0.2) is 4.39 Å². The Kier molecular flexibility index (Phi) is 4.44. The third kappa shape index (κ3) is 3.40. The molecule has 0 aromatic heterocycles. The van der Waals surface area contributed by atoms with Crippen LogP contribution in [0.2, 0.25) is 5.02 Å². The van der Waals surface area contributed by atoms with E-state index in [1.54, 1.807) is 6.07 Å². The maximum atomic E-state index is 13.4. The highest BCUT2D eigenvalue weighted by Gasteiger charge is 2.08. The Labute approximate surface area is 105 Å². The summed E-state index contributed by atoms with van der Waals surface area (Å²) >= 11 is 13.3. The minimum atomic E-state index is -0.556. The van der Waals surface area contributed by atoms with Gasteiger partial charge in [-0.05, 0) is 40.3 Å². The molecule has 3 nitrogen and oxygen atoms in total. The summed E-state index contributed by atoms with van der Waals surface area (Å²) in [5, 5.41) is 3.64. The number of rotatable bonds is 2. The summed E-state index contributed by atoms with van der Waals surface area (Å²) in [5.41, 5.74) is 7.68. The molecule has 80 valence electrons. The molecule has 0 heterocycles. The van der Waals surface area contributed by atoms with Gasteiger partial charge < -0.3 is 5.73 Å². The molecular formula is C8H6BrClFN3S. The summed E-state index contributed by atoms with van der Waals surface area (Å²) in [7, 11) is 0. The fourth-order valence-electron chi connectivity index (χ4n) is 0.806. The van der Waals surface area contributed by atoms with Crippen LogP contribution in [0.3, 0.4) is 0 Å². The molecule has 0 atom stereocenters. The lowest BCUT2D eigenvalue weighted by Gasteiger charge is -2.01. The predicted molar refractivity (Wildman–Crippen MR) is 66.6 cm³/mol. The van der Waals surface area contributed by atoms with Crippen molar-refractivity contribution >= 4 is 51.1 Å². The summed E-state index contributed by atoms with van der Waals surface area (Å²) in [5.74, 6) is -0.556. The Bertz CT molecular complexity index is 425. The second kappa shape index (κ2) is 5.39. The first-order valence-electron chi connectivity index (χ1n) is 3.74. The highest BCUT2D eigenvalue weighted by Crippen LogP contribution is 2.26. The number of hydrogen-bond donors (Lipinski definition) is 2. The van der Waals surface area contributed by atoms with Crippen LogP contribution < -0.4 is 11.2 Å². The second-order valence-electron chi connectivity index (χ2n) is 2.50. The number of benzene rings is 1. The Morgan fingerprint density at radius 3 is 2.93 bits per heavy atom. The van der Waals surface area contributed by atoms with E-state index in [0.717, 1.165) is 0 Å². The van der Waals surface area contributed by atoms with E-state index in [4.69, 9.17) is 17.3 Å². The normalized spacial score (nSPS) is 10.6. The number of nitrogens with zero attached hydrogens (tertiary/aromatic N) is 1. The molecule has 0 aliphatic heterocycles. The maximum absolute atomic E-state index is 13.4. The lowest BCUT2D eigenvalue weighted by molar-refractivity contribution is 0.625. The highest BCUT2D eigenvalue weighted by atomic mass is 79.9. The standard InChI is InChI=1S/C8H6BrClFN3S/c9-5-2-1-4(7(11)6(5)10)3-13-14-8(12)15/h1-3H,(H3,12,14,15). The molecule has 0 aliphatic carbocycles. The minimum absolute atomic E-state index is 0.00859. The Hall–Kier alpha value is -0.720. The monoisotopic (exact) mass is 309 g/mol. The van der Waals surface area contributed by atoms with E-state index < -0.39 is 5.82 Å². The van der Waals surface area contributed by atoms with E-state index in [-0.39, 0.29) is 15.7 Å². The van der Waals surface area contributed by atoms with Gasteiger partial charge in [0.15, 0.2) is 10.9 Å². The molecule has 1 aromatic rings. The quantitative estimate of drug-likeness (QED) is 0.382. The van der Waals surface area contributed by atoms with Crippen LogP contribution >= 0.6 is 39.7 Å². The van der Waals surface area contributed by atoms with E-state index in [1.165, 1.54) is 12.3 Å². The van der Waals surface area contributed by atoms with Crippen molar-refractivity contribution in [3.05, 3.63) is 33.0 Å². The molecule has 0 spiro atoms. The summed E-state index contributed by atoms with van der Waals surface area (Å²) in [4.78, 5) is 0. The van der Waals surface area contributed by atoms with Crippen molar-refractivity contribution in [1.82, 2.24) is 5.43 Å². The van der Waals surface area contributed by atoms with Gasteiger partial charge in [-0.1, -0.05) is 11.6 Å². The molecule has 0 bridgehead atoms. The number of halogens is 3. The number of hydrogen-bond acceptors (Lipinski definition) is 2. The van der Waals surface area contributed by atoms with Crippen molar-refractivity contribution in [2.75, 3.05) is 0 Å². The van der Waals surface area contributed by atoms with Crippen molar-refractivity contribution in [2.45, 2.75) is 0 Å². The molecule has 0 fully saturated rings. The van der Waals surface area contributed by atoms with E-state index >= 15 is 0 Å². The molecule has 15 heavy (non-hydrogen) atoms. The minimum Gasteiger partial charge on any atom is -0.375 e. The predicted octanol–water partition coefficient (Wildman–Crippen LogP) is 2.41. The van der Waals surface area contributed by atoms with Crippen LogP contribution in [0.1, 0.15) is 5.56 Å². The second-order valence-corrected chi connectivity index (χ2v) is 4.17. The van der Waals surface area contributed by atoms with E-state index in [0.29, 0.717) is 4.47 Å². The fraction of sp³-hybridized carbons (Fsp3) is 0. The zero-order valence-corrected chi connectivity index (χ0v) is 10.5. The SMILES string of the molecule is NC(=S)NN=Cc1ccc(Br)c(Cl)c1F. The zero-order valence-electron chi connectivity index (χ0n) is 7.30. The van der Waals surface area contributed by atoms with Crippen LogP contribution in [0, 0.1) is 5.82 Å². The largest absolute Gasteiger partial charge is 0.375 e. The molecular weight excluding hydrogens is 305 g/mol. The topological polar surface area (TPSA) is 50.4 Å². The van der Waals surface area contributed by atoms with Crippen molar-refractivity contribution in [1.29, 1.82) is 0 Å². The zero-order chi connectivity index (χ0) is 11.4. The molecule has 0 saturated carbocycles. The van der Waals surface area contributed by atoms with Crippen LogP contribution in [-0.4, -0.2) is 11.3 Å². The molecule has 3 N–H and O–H groups in total. The van der Waals surface area contributed by atoms with Crippen molar-refractivity contribution in [3.8, 4) is 0 Å². The van der Waals surface area contributed by atoms with Gasteiger partial charge in [0.05, 0.1) is 11.2 Å². The van der Waals surface area contributed by atoms with Crippen LogP contribution in [0.4, 0.5) is 4.39 Å². The summed E-state index contributed by atoms with van der Waals surface area (Å²) in [6, 6.07) is 3.14. The van der Waals surface area contributed by atoms with Gasteiger partial charge >= 0.3 is 0 Å². The van der Waals surface area contributed by atoms with Gasteiger partial charge in [0.1, 0.15) is 0 Å². The summed E-state index contributed by atoms with van der Waals surface area (Å²) in [6.07, 6.45) is 1.24. The molecule has 0 aliphatic rings. The summed E-state index contributed by atoms with van der Waals surface area (Å²) < 4.78 is 13.9. The highest BCUT2D eigenvalue weighted by molar-refractivity contribution is 9.10. The van der Waals surface area contributed by atoms with Gasteiger partial charge in [0, 0.05) is 10.0 Å². The van der Waals surface area contributed by atoms with Gasteiger partial charge in [-0.15, -0.1) is 0 Å². The third-order valence-electron chi connectivity index (χ3n) is 1.44. The van der Waals surface area contributed by atoms with Crippen LogP contribution in [0.5, 0.6) is 0 Å². The van der Waals surface area contributed by atoms with Crippen LogP contribution in [0.15, 0.2) is 21.7 Å². The first-order valence-corrected chi connectivity index (χ1v) is 5.32. The van der Waals surface area contributed by atoms with E-state index in [1.807, 2.05) is 0 Å². The first-order chi connectivity index (χ1) is 7.02. The molecule has 1 rings (SSSR count). The third-order valence-corrected chi connectivity index (χ3v) is 2.79. The lowest BCUT2D eigenvalue weighted by atomic mass is 10.2. The molecule has 0 amide bonds. The van der Waals surface area contributed by atoms with Gasteiger partial charge in [0.2, 0.25) is 0 Å². The van der Waals surface area contributed by atoms with Crippen molar-refractivity contribution in [3.63, 3.8) is 0 Å². The van der Waals surface area contributed by atoms with Crippen molar-refractivity contribution < 1.29 is 4.39 Å². The lowest BCUT2D eigenvalue weighted by Crippen LogP contribution is -2.24. The molecule has 0 saturated heterocycles. The van der Waals surface area contributed by atoms with Crippen LogP contribution in [-0.2, 0) is 0 Å². The number of hydrazone groups is 1. The Morgan fingerprint density at radius 2 is 2.33 bits per heavy atom. The molecule has 0 unspecified atom stereocenters. The molecule has 0 radical (unpaired) electrons. The smallest absolute Gasteiger partial charge is 0.184 e. The molecule has 1 aromatic carbocycles. The Morgan fingerprint density at radius 1 is 1.67 bits per heavy atom. The summed E-state index contributed by atoms with van der Waals surface area (Å²) in [6.45, 7) is 0. The fourth-order valence-corrected chi connectivity index (χ4v) is 1.34. The van der Waals surface area contributed by atoms with Gasteiger partial charge in [-0.2, -0.15) is 5.10 Å². The average molecular weight is 311 g/mol. The average Bonchev–Trinajstić information content (AvgIpc) is 2.18. The van der Waals surface area contributed by atoms with Gasteiger partial charge in [0.25, 0.3) is 0 Å². The van der Waals surface area contributed by atoms with E-state index in [2.05, 4.69) is 38.7 Å². The maximum Gasteiger partial charge on any atom is 0.184 e. The number of nitrogens with one attached hydrogen (secondary N) is 1. The number of nitrogens with two attached hydrogens (primary N) is 1. The molecule has 7 heteroatoms. The number of thiocarbonyl (C=S) groups is 1. The van der Waals surface area contributed by atoms with Crippen LogP contribution in [0.25, 0.3) is 0 Å².